The zero-order chi connectivity index (χ0) is 18.1. The minimum Gasteiger partial charge on any atom is -0.496 e. The number of methoxy groups -OCH3 is 2. The van der Waals surface area contributed by atoms with Gasteiger partial charge in [0.05, 0.1) is 24.7 Å². The second-order valence-electron chi connectivity index (χ2n) is 5.28. The fraction of sp³-hybridized carbons (Fsp3) is 0.111. The summed E-state index contributed by atoms with van der Waals surface area (Å²) in [6.45, 7) is 0. The largest absolute Gasteiger partial charge is 0.496 e. The fourth-order valence-corrected chi connectivity index (χ4v) is 2.72. The number of nitro groups is 1. The van der Waals surface area contributed by atoms with Crippen LogP contribution in [0.1, 0.15) is 26.3 Å². The van der Waals surface area contributed by atoms with Gasteiger partial charge in [0.25, 0.3) is 0 Å². The molecule has 0 fully saturated rings. The van der Waals surface area contributed by atoms with Crippen molar-refractivity contribution in [2.45, 2.75) is 0 Å². The molecule has 2 aromatic rings. The van der Waals surface area contributed by atoms with Crippen LogP contribution in [0.5, 0.6) is 11.5 Å². The summed E-state index contributed by atoms with van der Waals surface area (Å²) in [4.78, 5) is 35.5. The summed E-state index contributed by atoms with van der Waals surface area (Å²) in [5.74, 6) is -0.551. The molecule has 25 heavy (non-hydrogen) atoms. The van der Waals surface area contributed by atoms with Crippen molar-refractivity contribution in [3.8, 4) is 11.5 Å². The van der Waals surface area contributed by atoms with E-state index in [-0.39, 0.29) is 28.3 Å². The molecule has 0 bridgehead atoms. The summed E-state index contributed by atoms with van der Waals surface area (Å²) >= 11 is 0. The van der Waals surface area contributed by atoms with Crippen molar-refractivity contribution in [2.24, 2.45) is 0 Å². The Morgan fingerprint density at radius 3 is 2.00 bits per heavy atom. The Kier molecular flexibility index (Phi) is 4.06. The summed E-state index contributed by atoms with van der Waals surface area (Å²) in [5.41, 5.74) is 0.547. The predicted octanol–water partition coefficient (Wildman–Crippen LogP) is 3.07. The Morgan fingerprint density at radius 2 is 1.52 bits per heavy atom. The molecule has 0 saturated carbocycles. The van der Waals surface area contributed by atoms with Crippen molar-refractivity contribution in [1.82, 2.24) is 0 Å². The van der Waals surface area contributed by atoms with Gasteiger partial charge in [0, 0.05) is 28.8 Å². The monoisotopic (exact) mass is 339 g/mol. The van der Waals surface area contributed by atoms with E-state index in [1.165, 1.54) is 32.4 Å². The van der Waals surface area contributed by atoms with Crippen LogP contribution in [0.15, 0.2) is 42.0 Å². The molecule has 1 aliphatic rings. The zero-order valence-corrected chi connectivity index (χ0v) is 13.4. The maximum atomic E-state index is 12.5. The quantitative estimate of drug-likeness (QED) is 0.368. The van der Waals surface area contributed by atoms with Crippen LogP contribution in [-0.2, 0) is 0 Å². The standard InChI is InChI=1S/C18H13NO6/c1-24-15-9-16(25-2)14(19(22)23)8-10(15)7-13-17(20)11-5-3-4-6-12(11)18(13)21/h3-9H,1-2H3. The first-order chi connectivity index (χ1) is 12.0. The fourth-order valence-electron chi connectivity index (χ4n) is 2.72. The summed E-state index contributed by atoms with van der Waals surface area (Å²) in [6.07, 6.45) is 1.32. The Balaban J connectivity index is 2.16. The number of fused-ring (bicyclic) bond motifs is 1. The van der Waals surface area contributed by atoms with E-state index < -0.39 is 16.5 Å². The first-order valence-electron chi connectivity index (χ1n) is 7.28. The van der Waals surface area contributed by atoms with E-state index >= 15 is 0 Å². The topological polar surface area (TPSA) is 95.7 Å². The Morgan fingerprint density at radius 1 is 0.960 bits per heavy atom. The molecule has 7 nitrogen and oxygen atoms in total. The number of hydrogen-bond acceptors (Lipinski definition) is 6. The number of allylic oxidation sites excluding steroid dienone is 1. The second-order valence-corrected chi connectivity index (χ2v) is 5.28. The lowest BCUT2D eigenvalue weighted by atomic mass is 10.0. The summed E-state index contributed by atoms with van der Waals surface area (Å²) in [5, 5.41) is 11.2. The molecule has 3 rings (SSSR count). The van der Waals surface area contributed by atoms with E-state index in [0.717, 1.165) is 0 Å². The molecule has 0 heterocycles. The first kappa shape index (κ1) is 16.4. The lowest BCUT2D eigenvalue weighted by Crippen LogP contribution is -2.02. The van der Waals surface area contributed by atoms with E-state index in [1.54, 1.807) is 24.3 Å². The smallest absolute Gasteiger partial charge is 0.311 e. The van der Waals surface area contributed by atoms with Crippen molar-refractivity contribution in [3.05, 3.63) is 68.8 Å². The molecule has 0 N–H and O–H groups in total. The molecule has 7 heteroatoms. The van der Waals surface area contributed by atoms with Gasteiger partial charge in [-0.25, -0.2) is 0 Å². The highest BCUT2D eigenvalue weighted by Crippen LogP contribution is 2.37. The van der Waals surface area contributed by atoms with Crippen LogP contribution in [0, 0.1) is 10.1 Å². The number of Topliss-reactive ketones (excluding diaryl/α,β-unsaturated/α-hetero) is 2. The average molecular weight is 339 g/mol. The van der Waals surface area contributed by atoms with E-state index in [0.29, 0.717) is 11.1 Å². The Labute approximate surface area is 142 Å². The van der Waals surface area contributed by atoms with Gasteiger partial charge in [0.15, 0.2) is 11.6 Å². The maximum Gasteiger partial charge on any atom is 0.311 e. The molecule has 0 unspecified atom stereocenters. The van der Waals surface area contributed by atoms with Crippen molar-refractivity contribution in [3.63, 3.8) is 0 Å². The molecule has 0 radical (unpaired) electrons. The number of hydrogen-bond donors (Lipinski definition) is 0. The molecular formula is C18H13NO6. The SMILES string of the molecule is COc1cc(OC)c([N+](=O)[O-])cc1C=C1C(=O)c2ccccc2C1=O. The van der Waals surface area contributed by atoms with Gasteiger partial charge >= 0.3 is 5.69 Å². The third kappa shape index (κ3) is 2.65. The number of benzene rings is 2. The van der Waals surface area contributed by atoms with Gasteiger partial charge in [-0.05, 0) is 6.08 Å². The van der Waals surface area contributed by atoms with Crippen molar-refractivity contribution >= 4 is 23.3 Å². The molecule has 0 aromatic heterocycles. The minimum atomic E-state index is -0.604. The molecule has 0 aliphatic heterocycles. The molecule has 0 amide bonds. The molecule has 0 atom stereocenters. The van der Waals surface area contributed by atoms with Gasteiger partial charge in [-0.15, -0.1) is 0 Å². The number of nitro benzene ring substituents is 1. The Hall–Kier alpha value is -3.48. The van der Waals surface area contributed by atoms with Crippen molar-refractivity contribution < 1.29 is 24.0 Å². The van der Waals surface area contributed by atoms with Crippen LogP contribution < -0.4 is 9.47 Å². The van der Waals surface area contributed by atoms with E-state index in [4.69, 9.17) is 9.47 Å². The van der Waals surface area contributed by atoms with Crippen LogP contribution in [0.2, 0.25) is 0 Å². The second kappa shape index (κ2) is 6.20. The van der Waals surface area contributed by atoms with E-state index in [1.807, 2.05) is 0 Å². The lowest BCUT2D eigenvalue weighted by molar-refractivity contribution is -0.385. The van der Waals surface area contributed by atoms with Crippen LogP contribution >= 0.6 is 0 Å². The molecule has 126 valence electrons. The van der Waals surface area contributed by atoms with Gasteiger partial charge in [-0.1, -0.05) is 24.3 Å². The summed E-state index contributed by atoms with van der Waals surface area (Å²) in [6, 6.07) is 9.06. The number of rotatable bonds is 4. The van der Waals surface area contributed by atoms with Crippen molar-refractivity contribution in [2.75, 3.05) is 14.2 Å². The molecular weight excluding hydrogens is 326 g/mol. The number of ether oxygens (including phenoxy) is 2. The third-order valence-electron chi connectivity index (χ3n) is 3.93. The van der Waals surface area contributed by atoms with Gasteiger partial charge in [0.1, 0.15) is 5.75 Å². The zero-order valence-electron chi connectivity index (χ0n) is 13.4. The summed E-state index contributed by atoms with van der Waals surface area (Å²) in [7, 11) is 2.69. The van der Waals surface area contributed by atoms with E-state index in [2.05, 4.69) is 0 Å². The summed E-state index contributed by atoms with van der Waals surface area (Å²) < 4.78 is 10.2. The van der Waals surface area contributed by atoms with Gasteiger partial charge < -0.3 is 9.47 Å². The highest BCUT2D eigenvalue weighted by Gasteiger charge is 2.33. The molecule has 0 saturated heterocycles. The molecule has 2 aromatic carbocycles. The predicted molar refractivity (Wildman–Crippen MR) is 89.3 cm³/mol. The first-order valence-corrected chi connectivity index (χ1v) is 7.28. The lowest BCUT2D eigenvalue weighted by Gasteiger charge is -2.09. The minimum absolute atomic E-state index is 0.0244. The van der Waals surface area contributed by atoms with Gasteiger partial charge in [0.2, 0.25) is 5.75 Å². The maximum absolute atomic E-state index is 12.5. The Bertz CT molecular complexity index is 908. The number of ketones is 2. The molecule has 1 aliphatic carbocycles. The van der Waals surface area contributed by atoms with E-state index in [9.17, 15) is 19.7 Å². The number of carbonyl (C=O) groups is 2. The van der Waals surface area contributed by atoms with Crippen LogP contribution in [0.25, 0.3) is 6.08 Å². The third-order valence-corrected chi connectivity index (χ3v) is 3.93. The van der Waals surface area contributed by atoms with Crippen LogP contribution in [0.3, 0.4) is 0 Å². The number of carbonyl (C=O) groups excluding carboxylic acids is 2. The van der Waals surface area contributed by atoms with Gasteiger partial charge in [-0.2, -0.15) is 0 Å². The highest BCUT2D eigenvalue weighted by molar-refractivity contribution is 6.41. The average Bonchev–Trinajstić information content (AvgIpc) is 2.86. The van der Waals surface area contributed by atoms with Crippen molar-refractivity contribution in [1.29, 1.82) is 0 Å². The highest BCUT2D eigenvalue weighted by atomic mass is 16.6. The molecule has 0 spiro atoms. The van der Waals surface area contributed by atoms with Crippen LogP contribution in [-0.4, -0.2) is 30.7 Å². The number of nitrogens with zero attached hydrogens (tertiary/aromatic N) is 1. The van der Waals surface area contributed by atoms with Gasteiger partial charge in [-0.3, -0.25) is 19.7 Å². The normalized spacial score (nSPS) is 12.8. The van der Waals surface area contributed by atoms with Crippen LogP contribution in [0.4, 0.5) is 5.69 Å².